The SMILES string of the molecule is COc1ccc(COc2cc(N3CCOCC3)cc(-c3ccccc3N)n2)cc1. The molecule has 1 aromatic heterocycles. The van der Waals surface area contributed by atoms with Gasteiger partial charge in [0.25, 0.3) is 0 Å². The van der Waals surface area contributed by atoms with Crippen molar-refractivity contribution in [1.82, 2.24) is 4.98 Å². The summed E-state index contributed by atoms with van der Waals surface area (Å²) in [5.74, 6) is 1.39. The first-order valence-electron chi connectivity index (χ1n) is 9.68. The first kappa shape index (κ1) is 19.1. The topological polar surface area (TPSA) is 69.8 Å². The predicted molar refractivity (Wildman–Crippen MR) is 114 cm³/mol. The van der Waals surface area contributed by atoms with E-state index in [1.54, 1.807) is 7.11 Å². The zero-order chi connectivity index (χ0) is 20.1. The molecule has 0 bridgehead atoms. The van der Waals surface area contributed by atoms with E-state index < -0.39 is 0 Å². The minimum Gasteiger partial charge on any atom is -0.497 e. The maximum atomic E-state index is 6.20. The minimum absolute atomic E-state index is 0.424. The summed E-state index contributed by atoms with van der Waals surface area (Å²) in [6, 6.07) is 19.6. The van der Waals surface area contributed by atoms with Crippen molar-refractivity contribution in [2.75, 3.05) is 44.0 Å². The molecule has 29 heavy (non-hydrogen) atoms. The summed E-state index contributed by atoms with van der Waals surface area (Å²) in [6.07, 6.45) is 0. The monoisotopic (exact) mass is 391 g/mol. The summed E-state index contributed by atoms with van der Waals surface area (Å²) >= 11 is 0. The van der Waals surface area contributed by atoms with Gasteiger partial charge >= 0.3 is 0 Å². The second kappa shape index (κ2) is 8.84. The zero-order valence-corrected chi connectivity index (χ0v) is 16.5. The first-order valence-corrected chi connectivity index (χ1v) is 9.68. The molecule has 150 valence electrons. The molecule has 2 heterocycles. The van der Waals surface area contributed by atoms with Crippen molar-refractivity contribution in [3.05, 3.63) is 66.2 Å². The van der Waals surface area contributed by atoms with Crippen LogP contribution in [0.5, 0.6) is 11.6 Å². The maximum absolute atomic E-state index is 6.20. The van der Waals surface area contributed by atoms with E-state index in [1.165, 1.54) is 0 Å². The van der Waals surface area contributed by atoms with E-state index in [2.05, 4.69) is 11.0 Å². The maximum Gasteiger partial charge on any atom is 0.216 e. The largest absolute Gasteiger partial charge is 0.497 e. The summed E-state index contributed by atoms with van der Waals surface area (Å²) in [6.45, 7) is 3.53. The number of hydrogen-bond donors (Lipinski definition) is 1. The van der Waals surface area contributed by atoms with Crippen molar-refractivity contribution in [2.24, 2.45) is 0 Å². The number of hydrogen-bond acceptors (Lipinski definition) is 6. The smallest absolute Gasteiger partial charge is 0.216 e. The second-order valence-electron chi connectivity index (χ2n) is 6.87. The highest BCUT2D eigenvalue weighted by Gasteiger charge is 2.16. The van der Waals surface area contributed by atoms with Crippen molar-refractivity contribution in [2.45, 2.75) is 6.61 Å². The van der Waals surface area contributed by atoms with Crippen molar-refractivity contribution >= 4 is 11.4 Å². The summed E-state index contributed by atoms with van der Waals surface area (Å²) in [5.41, 5.74) is 10.7. The summed E-state index contributed by atoms with van der Waals surface area (Å²) in [5, 5.41) is 0. The third-order valence-electron chi connectivity index (χ3n) is 4.95. The molecule has 1 saturated heterocycles. The summed E-state index contributed by atoms with van der Waals surface area (Å²) < 4.78 is 16.7. The Balaban J connectivity index is 1.62. The van der Waals surface area contributed by atoms with Gasteiger partial charge in [0.15, 0.2) is 0 Å². The van der Waals surface area contributed by atoms with Crippen LogP contribution in [0.25, 0.3) is 11.3 Å². The van der Waals surface area contributed by atoms with Crippen LogP contribution >= 0.6 is 0 Å². The fourth-order valence-corrected chi connectivity index (χ4v) is 3.32. The van der Waals surface area contributed by atoms with E-state index in [0.29, 0.717) is 31.4 Å². The van der Waals surface area contributed by atoms with Gasteiger partial charge in [0.1, 0.15) is 12.4 Å². The van der Waals surface area contributed by atoms with E-state index in [1.807, 2.05) is 54.6 Å². The quantitative estimate of drug-likeness (QED) is 0.646. The molecule has 0 saturated carbocycles. The van der Waals surface area contributed by atoms with E-state index in [0.717, 1.165) is 41.3 Å². The van der Waals surface area contributed by atoms with Crippen LogP contribution in [0, 0.1) is 0 Å². The van der Waals surface area contributed by atoms with Gasteiger partial charge in [-0.2, -0.15) is 0 Å². The number of nitrogen functional groups attached to an aromatic ring is 1. The number of methoxy groups -OCH3 is 1. The number of benzene rings is 2. The van der Waals surface area contributed by atoms with E-state index in [-0.39, 0.29) is 0 Å². The lowest BCUT2D eigenvalue weighted by atomic mass is 10.1. The highest BCUT2D eigenvalue weighted by molar-refractivity contribution is 5.76. The lowest BCUT2D eigenvalue weighted by molar-refractivity contribution is 0.122. The molecule has 0 unspecified atom stereocenters. The number of rotatable bonds is 6. The molecule has 6 nitrogen and oxygen atoms in total. The molecule has 1 aliphatic heterocycles. The Labute approximate surface area is 170 Å². The summed E-state index contributed by atoms with van der Waals surface area (Å²) in [7, 11) is 1.66. The number of morpholine rings is 1. The van der Waals surface area contributed by atoms with Crippen LogP contribution in [0.2, 0.25) is 0 Å². The molecule has 0 spiro atoms. The van der Waals surface area contributed by atoms with Crippen LogP contribution in [-0.2, 0) is 11.3 Å². The number of para-hydroxylation sites is 1. The number of nitrogens with two attached hydrogens (primary N) is 1. The number of aromatic nitrogens is 1. The molecule has 4 rings (SSSR count). The molecule has 2 N–H and O–H groups in total. The van der Waals surface area contributed by atoms with Gasteiger partial charge in [0.2, 0.25) is 5.88 Å². The third kappa shape index (κ3) is 4.60. The average Bonchev–Trinajstić information content (AvgIpc) is 2.79. The molecular weight excluding hydrogens is 366 g/mol. The van der Waals surface area contributed by atoms with Crippen molar-refractivity contribution in [1.29, 1.82) is 0 Å². The minimum atomic E-state index is 0.424. The van der Waals surface area contributed by atoms with Gasteiger partial charge in [-0.15, -0.1) is 0 Å². The molecule has 0 atom stereocenters. The molecular formula is C23H25N3O3. The third-order valence-corrected chi connectivity index (χ3v) is 4.95. The lowest BCUT2D eigenvalue weighted by Gasteiger charge is -2.29. The van der Waals surface area contributed by atoms with Crippen LogP contribution in [-0.4, -0.2) is 38.4 Å². The Hall–Kier alpha value is -3.25. The predicted octanol–water partition coefficient (Wildman–Crippen LogP) is 3.76. The average molecular weight is 391 g/mol. The normalized spacial score (nSPS) is 13.9. The van der Waals surface area contributed by atoms with Crippen LogP contribution < -0.4 is 20.1 Å². The molecule has 0 amide bonds. The van der Waals surface area contributed by atoms with E-state index in [9.17, 15) is 0 Å². The fourth-order valence-electron chi connectivity index (χ4n) is 3.32. The van der Waals surface area contributed by atoms with Gasteiger partial charge < -0.3 is 24.8 Å². The fraction of sp³-hybridized carbons (Fsp3) is 0.261. The lowest BCUT2D eigenvalue weighted by Crippen LogP contribution is -2.36. The van der Waals surface area contributed by atoms with Crippen molar-refractivity contribution in [3.63, 3.8) is 0 Å². The number of pyridine rings is 1. The van der Waals surface area contributed by atoms with Crippen LogP contribution in [0.3, 0.4) is 0 Å². The zero-order valence-electron chi connectivity index (χ0n) is 16.5. The van der Waals surface area contributed by atoms with Crippen LogP contribution in [0.1, 0.15) is 5.56 Å². The van der Waals surface area contributed by atoms with Crippen molar-refractivity contribution < 1.29 is 14.2 Å². The van der Waals surface area contributed by atoms with Gasteiger partial charge in [-0.05, 0) is 29.8 Å². The Kier molecular flexibility index (Phi) is 5.81. The summed E-state index contributed by atoms with van der Waals surface area (Å²) in [4.78, 5) is 7.01. The molecule has 0 radical (unpaired) electrons. The molecule has 3 aromatic rings. The van der Waals surface area contributed by atoms with Crippen molar-refractivity contribution in [3.8, 4) is 22.9 Å². The molecule has 6 heteroatoms. The van der Waals surface area contributed by atoms with E-state index >= 15 is 0 Å². The standard InChI is InChI=1S/C23H25N3O3/c1-27-19-8-6-17(7-9-19)16-29-23-15-18(26-10-12-28-13-11-26)14-22(25-23)20-4-2-3-5-21(20)24/h2-9,14-15H,10-13,16,24H2,1H3. The van der Waals surface area contributed by atoms with Gasteiger partial charge in [-0.25, -0.2) is 4.98 Å². The van der Waals surface area contributed by atoms with Gasteiger partial charge in [0, 0.05) is 36.1 Å². The first-order chi connectivity index (χ1) is 14.2. The molecule has 1 aliphatic rings. The number of ether oxygens (including phenoxy) is 3. The second-order valence-corrected chi connectivity index (χ2v) is 6.87. The molecule has 1 fully saturated rings. The molecule has 0 aliphatic carbocycles. The highest BCUT2D eigenvalue weighted by Crippen LogP contribution is 2.31. The Morgan fingerprint density at radius 3 is 2.52 bits per heavy atom. The highest BCUT2D eigenvalue weighted by atomic mass is 16.5. The van der Waals surface area contributed by atoms with Crippen LogP contribution in [0.15, 0.2) is 60.7 Å². The van der Waals surface area contributed by atoms with Gasteiger partial charge in [-0.1, -0.05) is 30.3 Å². The number of nitrogens with zero attached hydrogens (tertiary/aromatic N) is 2. The molecule has 2 aromatic carbocycles. The Bertz CT molecular complexity index is 954. The van der Waals surface area contributed by atoms with E-state index in [4.69, 9.17) is 24.9 Å². The Morgan fingerprint density at radius 2 is 1.79 bits per heavy atom. The van der Waals surface area contributed by atoms with Gasteiger partial charge in [-0.3, -0.25) is 0 Å². The number of anilines is 2. The Morgan fingerprint density at radius 1 is 1.03 bits per heavy atom. The van der Waals surface area contributed by atoms with Gasteiger partial charge in [0.05, 0.1) is 26.0 Å². The van der Waals surface area contributed by atoms with Crippen LogP contribution in [0.4, 0.5) is 11.4 Å².